The number of hydrogen-bond donors (Lipinski definition) is 0. The van der Waals surface area contributed by atoms with Gasteiger partial charge in [-0.25, -0.2) is 14.8 Å². The Bertz CT molecular complexity index is 717. The standard InChI is InChI=1S/C23H32N2O4/c1-4-6-8-14-27-18(3)23(26)29-20-12-10-19(11-13-20)22-24-16-21(17-25-22)28-15-9-7-5-2/h10-13,16-18H,4-9,14-15H2,1-3H3. The van der Waals surface area contributed by atoms with Gasteiger partial charge in [0, 0.05) is 12.2 Å². The van der Waals surface area contributed by atoms with Gasteiger partial charge in [-0.05, 0) is 44.0 Å². The number of unbranched alkanes of at least 4 members (excludes halogenated alkanes) is 4. The van der Waals surface area contributed by atoms with Crippen LogP contribution in [0.1, 0.15) is 59.3 Å². The summed E-state index contributed by atoms with van der Waals surface area (Å²) in [5.41, 5.74) is 0.839. The maximum absolute atomic E-state index is 12.1. The molecule has 0 radical (unpaired) electrons. The van der Waals surface area contributed by atoms with Crippen LogP contribution in [-0.2, 0) is 9.53 Å². The number of nitrogens with zero attached hydrogens (tertiary/aromatic N) is 2. The van der Waals surface area contributed by atoms with Gasteiger partial charge >= 0.3 is 5.97 Å². The van der Waals surface area contributed by atoms with Crippen LogP contribution in [-0.4, -0.2) is 35.3 Å². The maximum Gasteiger partial charge on any atom is 0.340 e. The molecule has 1 unspecified atom stereocenters. The second-order valence-electron chi connectivity index (χ2n) is 6.96. The highest BCUT2D eigenvalue weighted by Crippen LogP contribution is 2.21. The summed E-state index contributed by atoms with van der Waals surface area (Å²) in [6, 6.07) is 7.12. The highest BCUT2D eigenvalue weighted by molar-refractivity contribution is 5.77. The molecule has 2 rings (SSSR count). The first-order valence-corrected chi connectivity index (χ1v) is 10.5. The minimum absolute atomic E-state index is 0.393. The molecule has 29 heavy (non-hydrogen) atoms. The van der Waals surface area contributed by atoms with Crippen LogP contribution in [0.5, 0.6) is 11.5 Å². The lowest BCUT2D eigenvalue weighted by atomic mass is 10.2. The molecule has 158 valence electrons. The summed E-state index contributed by atoms with van der Waals surface area (Å²) in [6.07, 6.45) is 9.28. The van der Waals surface area contributed by atoms with Gasteiger partial charge in [0.2, 0.25) is 0 Å². The van der Waals surface area contributed by atoms with Crippen molar-refractivity contribution >= 4 is 5.97 Å². The Kier molecular flexibility index (Phi) is 10.1. The van der Waals surface area contributed by atoms with E-state index in [2.05, 4.69) is 23.8 Å². The molecule has 0 aliphatic rings. The molecule has 0 N–H and O–H groups in total. The van der Waals surface area contributed by atoms with E-state index in [-0.39, 0.29) is 0 Å². The Morgan fingerprint density at radius 3 is 2.14 bits per heavy atom. The smallest absolute Gasteiger partial charge is 0.340 e. The molecule has 6 nitrogen and oxygen atoms in total. The van der Waals surface area contributed by atoms with Gasteiger partial charge in [0.25, 0.3) is 0 Å². The van der Waals surface area contributed by atoms with Gasteiger partial charge in [-0.15, -0.1) is 0 Å². The van der Waals surface area contributed by atoms with Crippen molar-refractivity contribution in [3.8, 4) is 22.9 Å². The molecule has 0 spiro atoms. The van der Waals surface area contributed by atoms with Crippen LogP contribution in [0.2, 0.25) is 0 Å². The highest BCUT2D eigenvalue weighted by atomic mass is 16.6. The first-order chi connectivity index (χ1) is 14.1. The monoisotopic (exact) mass is 400 g/mol. The van der Waals surface area contributed by atoms with Crippen LogP contribution in [0.25, 0.3) is 11.4 Å². The van der Waals surface area contributed by atoms with Gasteiger partial charge in [-0.2, -0.15) is 0 Å². The molecule has 0 bridgehead atoms. The van der Waals surface area contributed by atoms with Gasteiger partial charge in [0.05, 0.1) is 19.0 Å². The molecule has 6 heteroatoms. The van der Waals surface area contributed by atoms with E-state index in [1.165, 1.54) is 0 Å². The van der Waals surface area contributed by atoms with Gasteiger partial charge < -0.3 is 14.2 Å². The molecule has 0 saturated carbocycles. The average Bonchev–Trinajstić information content (AvgIpc) is 2.75. The zero-order valence-electron chi connectivity index (χ0n) is 17.7. The maximum atomic E-state index is 12.1. The Balaban J connectivity index is 1.83. The third-order valence-electron chi connectivity index (χ3n) is 4.42. The van der Waals surface area contributed by atoms with Crippen molar-refractivity contribution < 1.29 is 19.0 Å². The molecule has 0 aliphatic carbocycles. The van der Waals surface area contributed by atoms with Gasteiger partial charge in [0.15, 0.2) is 17.7 Å². The quantitative estimate of drug-likeness (QED) is 0.261. The molecule has 1 aromatic carbocycles. The summed E-state index contributed by atoms with van der Waals surface area (Å²) in [6.45, 7) is 7.24. The van der Waals surface area contributed by atoms with E-state index in [0.717, 1.165) is 44.1 Å². The summed E-state index contributed by atoms with van der Waals surface area (Å²) in [5, 5.41) is 0. The molecule has 1 atom stereocenters. The lowest BCUT2D eigenvalue weighted by Crippen LogP contribution is -2.26. The summed E-state index contributed by atoms with van der Waals surface area (Å²) in [5.74, 6) is 1.34. The minimum Gasteiger partial charge on any atom is -0.490 e. The van der Waals surface area contributed by atoms with Crippen LogP contribution in [0.3, 0.4) is 0 Å². The highest BCUT2D eigenvalue weighted by Gasteiger charge is 2.16. The van der Waals surface area contributed by atoms with Gasteiger partial charge in [-0.1, -0.05) is 39.5 Å². The van der Waals surface area contributed by atoms with E-state index in [9.17, 15) is 4.79 Å². The second-order valence-corrected chi connectivity index (χ2v) is 6.96. The van der Waals surface area contributed by atoms with E-state index in [0.29, 0.717) is 30.5 Å². The van der Waals surface area contributed by atoms with Crippen LogP contribution in [0.4, 0.5) is 0 Å². The first-order valence-electron chi connectivity index (χ1n) is 10.5. The molecule has 0 aliphatic heterocycles. The summed E-state index contributed by atoms with van der Waals surface area (Å²) >= 11 is 0. The van der Waals surface area contributed by atoms with Gasteiger partial charge in [0.1, 0.15) is 5.75 Å². The van der Waals surface area contributed by atoms with Crippen molar-refractivity contribution in [1.82, 2.24) is 9.97 Å². The molecule has 1 aromatic heterocycles. The fraction of sp³-hybridized carbons (Fsp3) is 0.522. The summed E-state index contributed by atoms with van der Waals surface area (Å²) in [4.78, 5) is 20.8. The topological polar surface area (TPSA) is 70.5 Å². The summed E-state index contributed by atoms with van der Waals surface area (Å²) < 4.78 is 16.5. The zero-order chi connectivity index (χ0) is 20.9. The fourth-order valence-corrected chi connectivity index (χ4v) is 2.63. The van der Waals surface area contributed by atoms with Crippen LogP contribution in [0.15, 0.2) is 36.7 Å². The molecule has 2 aromatic rings. The van der Waals surface area contributed by atoms with Crippen molar-refractivity contribution in [2.75, 3.05) is 13.2 Å². The van der Waals surface area contributed by atoms with Crippen LogP contribution >= 0.6 is 0 Å². The number of esters is 1. The van der Waals surface area contributed by atoms with Crippen molar-refractivity contribution in [1.29, 1.82) is 0 Å². The third kappa shape index (κ3) is 8.20. The van der Waals surface area contributed by atoms with E-state index < -0.39 is 12.1 Å². The Hall–Kier alpha value is -2.47. The number of benzene rings is 1. The second kappa shape index (κ2) is 12.9. The van der Waals surface area contributed by atoms with Crippen LogP contribution < -0.4 is 9.47 Å². The van der Waals surface area contributed by atoms with E-state index in [1.54, 1.807) is 31.5 Å². The molecule has 0 saturated heterocycles. The number of aromatic nitrogens is 2. The predicted octanol–water partition coefficient (Wildman–Crippen LogP) is 5.21. The largest absolute Gasteiger partial charge is 0.490 e. The Labute approximate surface area is 173 Å². The zero-order valence-corrected chi connectivity index (χ0v) is 17.7. The fourth-order valence-electron chi connectivity index (χ4n) is 2.63. The van der Waals surface area contributed by atoms with Crippen LogP contribution in [0, 0.1) is 0 Å². The summed E-state index contributed by atoms with van der Waals surface area (Å²) in [7, 11) is 0. The van der Waals surface area contributed by atoms with Crippen molar-refractivity contribution in [3.63, 3.8) is 0 Å². The molecule has 0 fully saturated rings. The van der Waals surface area contributed by atoms with E-state index in [4.69, 9.17) is 14.2 Å². The number of ether oxygens (including phenoxy) is 3. The first kappa shape index (κ1) is 22.8. The Morgan fingerprint density at radius 1 is 0.897 bits per heavy atom. The van der Waals surface area contributed by atoms with E-state index >= 15 is 0 Å². The molecule has 0 amide bonds. The molecule has 1 heterocycles. The number of hydrogen-bond acceptors (Lipinski definition) is 6. The van der Waals surface area contributed by atoms with Crippen molar-refractivity contribution in [2.45, 2.75) is 65.4 Å². The minimum atomic E-state index is -0.584. The number of carbonyl (C=O) groups excluding carboxylic acids is 1. The lowest BCUT2D eigenvalue weighted by molar-refractivity contribution is -0.146. The Morgan fingerprint density at radius 2 is 1.52 bits per heavy atom. The van der Waals surface area contributed by atoms with Crippen molar-refractivity contribution in [2.24, 2.45) is 0 Å². The SMILES string of the molecule is CCCCCOc1cnc(-c2ccc(OC(=O)C(C)OCCCCC)cc2)nc1. The number of carbonyl (C=O) groups is 1. The lowest BCUT2D eigenvalue weighted by Gasteiger charge is -2.12. The van der Waals surface area contributed by atoms with Gasteiger partial charge in [-0.3, -0.25) is 0 Å². The van der Waals surface area contributed by atoms with Crippen molar-refractivity contribution in [3.05, 3.63) is 36.7 Å². The third-order valence-corrected chi connectivity index (χ3v) is 4.42. The predicted molar refractivity (Wildman–Crippen MR) is 113 cm³/mol. The molecular formula is C23H32N2O4. The van der Waals surface area contributed by atoms with E-state index in [1.807, 2.05) is 12.1 Å². The normalized spacial score (nSPS) is 11.8. The average molecular weight is 401 g/mol. The molecular weight excluding hydrogens is 368 g/mol. The number of rotatable bonds is 13.